The molecule has 48 heavy (non-hydrogen) atoms. The Labute approximate surface area is 283 Å². The summed E-state index contributed by atoms with van der Waals surface area (Å²) in [5.41, 5.74) is 4.58. The lowest BCUT2D eigenvalue weighted by atomic mass is 9.53. The highest BCUT2D eigenvalue weighted by Gasteiger charge is 2.65. The van der Waals surface area contributed by atoms with Gasteiger partial charge >= 0.3 is 0 Å². The maximum Gasteiger partial charge on any atom is 0.165 e. The van der Waals surface area contributed by atoms with Crippen molar-refractivity contribution in [2.24, 2.45) is 11.8 Å². The van der Waals surface area contributed by atoms with E-state index in [0.717, 1.165) is 38.8 Å². The van der Waals surface area contributed by atoms with Gasteiger partial charge in [0.15, 0.2) is 23.0 Å². The fraction of sp³-hybridized carbons (Fsp3) is 0.579. The number of nitrogens with zero attached hydrogens (tertiary/aromatic N) is 2. The summed E-state index contributed by atoms with van der Waals surface area (Å²) < 4.78 is 20.7. The first-order valence-electron chi connectivity index (χ1n) is 17.1. The SMILES string of the molecule is CN1CC[C@]23c4c5ccc(O)c4O[C@H]2[C@@H](O)C=C[C@H]3[C@H]1C5.CN1CC[C@]23c4c5ccc(O)c4O[C@H]2[C@@H](O)C=C[C@H]3[C@H]1C5.COC.COC. The number of hydrogen-bond donors (Lipinski definition) is 4. The zero-order chi connectivity index (χ0) is 34.1. The second kappa shape index (κ2) is 12.3. The van der Waals surface area contributed by atoms with Crippen LogP contribution < -0.4 is 9.47 Å². The van der Waals surface area contributed by atoms with Gasteiger partial charge in [-0.05, 0) is 76.1 Å². The van der Waals surface area contributed by atoms with E-state index in [2.05, 4.69) is 45.5 Å². The minimum Gasteiger partial charge on any atom is -0.504 e. The van der Waals surface area contributed by atoms with Crippen LogP contribution in [0.5, 0.6) is 23.0 Å². The summed E-state index contributed by atoms with van der Waals surface area (Å²) >= 11 is 0. The summed E-state index contributed by atoms with van der Waals surface area (Å²) in [5, 5.41) is 41.3. The van der Waals surface area contributed by atoms with Crippen LogP contribution in [0.2, 0.25) is 0 Å². The molecule has 4 aliphatic carbocycles. The number of aliphatic hydroxyl groups is 2. The lowest BCUT2D eigenvalue weighted by molar-refractivity contribution is -0.0453. The largest absolute Gasteiger partial charge is 0.504 e. The number of benzene rings is 2. The molecular formula is C38H50N2O8. The Hall–Kier alpha value is -3.12. The predicted molar refractivity (Wildman–Crippen MR) is 181 cm³/mol. The topological polar surface area (TPSA) is 124 Å². The molecule has 4 N–H and O–H groups in total. The van der Waals surface area contributed by atoms with Crippen molar-refractivity contribution in [1.29, 1.82) is 0 Å². The van der Waals surface area contributed by atoms with Gasteiger partial charge in [0.2, 0.25) is 0 Å². The molecule has 4 aliphatic heterocycles. The van der Waals surface area contributed by atoms with Crippen LogP contribution in [0.15, 0.2) is 48.6 Å². The number of likely N-dealkylation sites (N-methyl/N-ethyl adjacent to an activating group) is 2. The maximum absolute atomic E-state index is 10.4. The molecule has 2 fully saturated rings. The fourth-order valence-corrected chi connectivity index (χ4v) is 10.5. The molecule has 0 unspecified atom stereocenters. The smallest absolute Gasteiger partial charge is 0.165 e. The van der Waals surface area contributed by atoms with Gasteiger partial charge in [-0.25, -0.2) is 0 Å². The zero-order valence-corrected chi connectivity index (χ0v) is 28.8. The summed E-state index contributed by atoms with van der Waals surface area (Å²) in [7, 11) is 10.9. The Bertz CT molecular complexity index is 1490. The van der Waals surface area contributed by atoms with Gasteiger partial charge in [-0.3, -0.25) is 0 Å². The number of rotatable bonds is 0. The van der Waals surface area contributed by atoms with Crippen LogP contribution in [0.1, 0.15) is 35.1 Å². The van der Waals surface area contributed by atoms with Gasteiger partial charge in [-0.2, -0.15) is 0 Å². The van der Waals surface area contributed by atoms with Crippen molar-refractivity contribution in [1.82, 2.24) is 9.80 Å². The van der Waals surface area contributed by atoms with Crippen molar-refractivity contribution in [3.63, 3.8) is 0 Å². The number of phenols is 2. The molecule has 2 saturated heterocycles. The number of methoxy groups -OCH3 is 2. The number of ether oxygens (including phenoxy) is 4. The van der Waals surface area contributed by atoms with Crippen LogP contribution in [-0.2, 0) is 33.1 Å². The molecule has 0 saturated carbocycles. The summed E-state index contributed by atoms with van der Waals surface area (Å²) in [5.74, 6) is 2.38. The van der Waals surface area contributed by atoms with Crippen molar-refractivity contribution in [3.8, 4) is 23.0 Å². The van der Waals surface area contributed by atoms with Gasteiger partial charge in [-0.1, -0.05) is 36.4 Å². The molecule has 8 aliphatic rings. The Morgan fingerprint density at radius 2 is 1.02 bits per heavy atom. The highest BCUT2D eigenvalue weighted by Crippen LogP contribution is 2.63. The van der Waals surface area contributed by atoms with E-state index in [1.807, 2.05) is 24.3 Å². The normalized spacial score (nSPS) is 38.0. The van der Waals surface area contributed by atoms with E-state index in [1.165, 1.54) is 22.3 Å². The molecule has 260 valence electrons. The minimum absolute atomic E-state index is 0.160. The van der Waals surface area contributed by atoms with E-state index >= 15 is 0 Å². The molecule has 4 bridgehead atoms. The van der Waals surface area contributed by atoms with Gasteiger partial charge in [0, 0.05) is 74.3 Å². The van der Waals surface area contributed by atoms with Gasteiger partial charge in [0.05, 0.1) is 0 Å². The van der Waals surface area contributed by atoms with Crippen LogP contribution in [0.25, 0.3) is 0 Å². The number of aromatic hydroxyl groups is 2. The monoisotopic (exact) mass is 662 g/mol. The Morgan fingerprint density at radius 1 is 0.646 bits per heavy atom. The van der Waals surface area contributed by atoms with Gasteiger partial charge in [0.1, 0.15) is 24.4 Å². The molecule has 10 rings (SSSR count). The molecule has 0 aromatic heterocycles. The standard InChI is InChI=1S/2C17H19NO3.2C2H6O/c2*1-18-7-6-17-10-3-5-13(20)16(17)21-15-12(19)4-2-9(14(15)17)8-11(10)18;2*1-3-2/h2*2-5,10-11,13,16,19-20H,6-8H2,1H3;2*1-2H3/t2*10-,11+,13-,16-,17-;;/m00../s1. The molecule has 4 heterocycles. The molecule has 10 atom stereocenters. The maximum atomic E-state index is 10.4. The fourth-order valence-electron chi connectivity index (χ4n) is 10.5. The first-order chi connectivity index (χ1) is 23.1. The van der Waals surface area contributed by atoms with E-state index in [1.54, 1.807) is 40.6 Å². The Kier molecular flexibility index (Phi) is 8.58. The zero-order valence-electron chi connectivity index (χ0n) is 28.8. The van der Waals surface area contributed by atoms with E-state index in [0.29, 0.717) is 35.4 Å². The number of piperidine rings is 2. The molecule has 2 aromatic carbocycles. The number of aliphatic hydroxyl groups excluding tert-OH is 2. The Balaban J connectivity index is 0.000000131. The number of hydrogen-bond acceptors (Lipinski definition) is 10. The lowest BCUT2D eigenvalue weighted by Gasteiger charge is -2.56. The first kappa shape index (κ1) is 33.4. The van der Waals surface area contributed by atoms with Crippen molar-refractivity contribution >= 4 is 0 Å². The molecular weight excluding hydrogens is 612 g/mol. The average molecular weight is 663 g/mol. The minimum atomic E-state index is -0.594. The molecule has 2 spiro atoms. The van der Waals surface area contributed by atoms with E-state index in [4.69, 9.17) is 9.47 Å². The summed E-state index contributed by atoms with van der Waals surface area (Å²) in [6, 6.07) is 8.45. The highest BCUT2D eigenvalue weighted by atomic mass is 16.5. The van der Waals surface area contributed by atoms with Gasteiger partial charge in [0.25, 0.3) is 0 Å². The number of likely N-dealkylation sites (tertiary alicyclic amines) is 2. The molecule has 0 radical (unpaired) electrons. The summed E-state index contributed by atoms with van der Waals surface area (Å²) in [6.45, 7) is 2.02. The third kappa shape index (κ3) is 4.53. The third-order valence-corrected chi connectivity index (χ3v) is 12.3. The third-order valence-electron chi connectivity index (χ3n) is 12.3. The quantitative estimate of drug-likeness (QED) is 0.313. The second-order valence-electron chi connectivity index (χ2n) is 14.7. The molecule has 10 heteroatoms. The molecule has 0 amide bonds. The highest BCUT2D eigenvalue weighted by molar-refractivity contribution is 5.63. The van der Waals surface area contributed by atoms with Crippen LogP contribution in [-0.4, -0.2) is 122 Å². The van der Waals surface area contributed by atoms with E-state index in [9.17, 15) is 20.4 Å². The number of phenolic OH excluding ortho intramolecular Hbond substituents is 2. The summed E-state index contributed by atoms with van der Waals surface area (Å²) in [6.07, 6.45) is 10.4. The second-order valence-corrected chi connectivity index (χ2v) is 14.7. The van der Waals surface area contributed by atoms with Crippen molar-refractivity contribution in [3.05, 3.63) is 70.8 Å². The average Bonchev–Trinajstić information content (AvgIpc) is 3.61. The summed E-state index contributed by atoms with van der Waals surface area (Å²) in [4.78, 5) is 4.87. The van der Waals surface area contributed by atoms with Crippen molar-refractivity contribution in [2.45, 2.75) is 73.0 Å². The van der Waals surface area contributed by atoms with Crippen molar-refractivity contribution < 1.29 is 39.4 Å². The lowest BCUT2D eigenvalue weighted by Crippen LogP contribution is -2.64. The van der Waals surface area contributed by atoms with Crippen LogP contribution in [0, 0.1) is 11.8 Å². The van der Waals surface area contributed by atoms with Crippen LogP contribution >= 0.6 is 0 Å². The molecule has 10 nitrogen and oxygen atoms in total. The Morgan fingerprint density at radius 3 is 1.40 bits per heavy atom. The van der Waals surface area contributed by atoms with Crippen LogP contribution in [0.3, 0.4) is 0 Å². The van der Waals surface area contributed by atoms with Crippen molar-refractivity contribution in [2.75, 3.05) is 55.6 Å². The van der Waals surface area contributed by atoms with Gasteiger partial charge < -0.3 is 49.2 Å². The van der Waals surface area contributed by atoms with E-state index in [-0.39, 0.29) is 34.5 Å². The first-order valence-corrected chi connectivity index (χ1v) is 17.1. The predicted octanol–water partition coefficient (Wildman–Crippen LogP) is 2.92. The van der Waals surface area contributed by atoms with Crippen LogP contribution in [0.4, 0.5) is 0 Å². The molecule has 2 aromatic rings. The van der Waals surface area contributed by atoms with Gasteiger partial charge in [-0.15, -0.1) is 0 Å². The van der Waals surface area contributed by atoms with E-state index < -0.39 is 12.2 Å².